The van der Waals surface area contributed by atoms with Crippen LogP contribution in [0.4, 0.5) is 14.5 Å². The molecular formula is C18H14F2N2O5. The van der Waals surface area contributed by atoms with E-state index in [1.54, 1.807) is 0 Å². The van der Waals surface area contributed by atoms with Crippen LogP contribution in [-0.4, -0.2) is 17.6 Å². The van der Waals surface area contributed by atoms with Gasteiger partial charge < -0.3 is 14.8 Å². The molecule has 140 valence electrons. The number of nitro benzene ring substituents is 1. The van der Waals surface area contributed by atoms with Gasteiger partial charge in [0.25, 0.3) is 5.69 Å². The number of nitrogens with one attached hydrogen (secondary N) is 1. The first-order chi connectivity index (χ1) is 12.8. The van der Waals surface area contributed by atoms with E-state index in [-0.39, 0.29) is 29.4 Å². The Bertz CT molecular complexity index is 946. The first-order valence-electron chi connectivity index (χ1n) is 7.86. The van der Waals surface area contributed by atoms with Gasteiger partial charge in [0.15, 0.2) is 11.5 Å². The van der Waals surface area contributed by atoms with Crippen LogP contribution >= 0.6 is 0 Å². The van der Waals surface area contributed by atoms with E-state index in [1.165, 1.54) is 31.2 Å². The molecule has 0 spiro atoms. The summed E-state index contributed by atoms with van der Waals surface area (Å²) in [5.74, 6) is -1.51. The summed E-state index contributed by atoms with van der Waals surface area (Å²) in [7, 11) is 0. The van der Waals surface area contributed by atoms with Crippen molar-refractivity contribution in [3.05, 3.63) is 69.3 Å². The molecule has 0 aliphatic carbocycles. The quantitative estimate of drug-likeness (QED) is 0.490. The average Bonchev–Trinajstić information content (AvgIpc) is 3.06. The molecule has 0 bridgehead atoms. The van der Waals surface area contributed by atoms with Crippen LogP contribution in [0.1, 0.15) is 24.1 Å². The van der Waals surface area contributed by atoms with Crippen LogP contribution in [0.25, 0.3) is 6.08 Å². The van der Waals surface area contributed by atoms with Crippen molar-refractivity contribution in [3.8, 4) is 11.5 Å². The SMILES string of the molecule is C[C@H](NC(=O)/C=C/c1cc2c(cc1[N+](=O)[O-])OCO2)c1ccc(F)cc1F. The number of amides is 1. The highest BCUT2D eigenvalue weighted by Gasteiger charge is 2.22. The van der Waals surface area contributed by atoms with Gasteiger partial charge in [-0.05, 0) is 25.1 Å². The Morgan fingerprint density at radius 1 is 1.26 bits per heavy atom. The molecule has 1 amide bonds. The van der Waals surface area contributed by atoms with Gasteiger partial charge in [-0.3, -0.25) is 14.9 Å². The van der Waals surface area contributed by atoms with Gasteiger partial charge >= 0.3 is 0 Å². The maximum absolute atomic E-state index is 13.8. The van der Waals surface area contributed by atoms with E-state index in [0.29, 0.717) is 5.75 Å². The zero-order valence-electron chi connectivity index (χ0n) is 14.1. The van der Waals surface area contributed by atoms with Crippen LogP contribution in [0, 0.1) is 21.7 Å². The summed E-state index contributed by atoms with van der Waals surface area (Å²) in [4.78, 5) is 22.7. The van der Waals surface area contributed by atoms with Crippen molar-refractivity contribution in [2.45, 2.75) is 13.0 Å². The predicted molar refractivity (Wildman–Crippen MR) is 91.2 cm³/mol. The van der Waals surface area contributed by atoms with Gasteiger partial charge in [0, 0.05) is 17.7 Å². The van der Waals surface area contributed by atoms with E-state index in [2.05, 4.69) is 5.32 Å². The Morgan fingerprint density at radius 3 is 2.63 bits per heavy atom. The summed E-state index contributed by atoms with van der Waals surface area (Å²) < 4.78 is 37.0. The average molecular weight is 376 g/mol. The molecule has 27 heavy (non-hydrogen) atoms. The number of nitro groups is 1. The van der Waals surface area contributed by atoms with Crippen molar-refractivity contribution in [2.75, 3.05) is 6.79 Å². The predicted octanol–water partition coefficient (Wildman–Crippen LogP) is 3.49. The number of benzene rings is 2. The van der Waals surface area contributed by atoms with Crippen molar-refractivity contribution in [1.29, 1.82) is 0 Å². The van der Waals surface area contributed by atoms with Gasteiger partial charge in [-0.15, -0.1) is 0 Å². The highest BCUT2D eigenvalue weighted by molar-refractivity contribution is 5.92. The largest absolute Gasteiger partial charge is 0.454 e. The summed E-state index contributed by atoms with van der Waals surface area (Å²) in [5, 5.41) is 13.7. The van der Waals surface area contributed by atoms with Crippen LogP contribution in [0.2, 0.25) is 0 Å². The lowest BCUT2D eigenvalue weighted by Crippen LogP contribution is -2.25. The molecule has 0 aromatic heterocycles. The Morgan fingerprint density at radius 2 is 1.96 bits per heavy atom. The number of hydrogen-bond donors (Lipinski definition) is 1. The molecule has 1 aliphatic heterocycles. The number of halogens is 2. The van der Waals surface area contributed by atoms with E-state index < -0.39 is 28.5 Å². The van der Waals surface area contributed by atoms with E-state index >= 15 is 0 Å². The maximum atomic E-state index is 13.8. The number of rotatable bonds is 5. The molecule has 9 heteroatoms. The highest BCUT2D eigenvalue weighted by atomic mass is 19.1. The lowest BCUT2D eigenvalue weighted by molar-refractivity contribution is -0.385. The molecular weight excluding hydrogens is 362 g/mol. The third-order valence-corrected chi connectivity index (χ3v) is 3.92. The van der Waals surface area contributed by atoms with Gasteiger partial charge in [-0.25, -0.2) is 8.78 Å². The second kappa shape index (κ2) is 7.40. The fourth-order valence-corrected chi connectivity index (χ4v) is 2.60. The van der Waals surface area contributed by atoms with Crippen molar-refractivity contribution >= 4 is 17.7 Å². The van der Waals surface area contributed by atoms with Gasteiger partial charge in [0.1, 0.15) is 11.6 Å². The van der Waals surface area contributed by atoms with Gasteiger partial charge in [-0.2, -0.15) is 0 Å². The number of ether oxygens (including phenoxy) is 2. The van der Waals surface area contributed by atoms with Crippen molar-refractivity contribution in [3.63, 3.8) is 0 Å². The minimum atomic E-state index is -0.779. The van der Waals surface area contributed by atoms with E-state index in [4.69, 9.17) is 9.47 Å². The van der Waals surface area contributed by atoms with E-state index in [0.717, 1.165) is 18.2 Å². The first-order valence-corrected chi connectivity index (χ1v) is 7.86. The second-order valence-electron chi connectivity index (χ2n) is 5.75. The summed E-state index contributed by atoms with van der Waals surface area (Å²) in [6.07, 6.45) is 2.34. The Hall–Kier alpha value is -3.49. The lowest BCUT2D eigenvalue weighted by atomic mass is 10.1. The van der Waals surface area contributed by atoms with Crippen LogP contribution in [-0.2, 0) is 4.79 Å². The number of hydrogen-bond acceptors (Lipinski definition) is 5. The van der Waals surface area contributed by atoms with Crippen LogP contribution in [0.15, 0.2) is 36.4 Å². The molecule has 1 aliphatic rings. The van der Waals surface area contributed by atoms with Crippen LogP contribution < -0.4 is 14.8 Å². The molecule has 7 nitrogen and oxygen atoms in total. The Balaban J connectivity index is 1.76. The highest BCUT2D eigenvalue weighted by Crippen LogP contribution is 2.38. The second-order valence-corrected chi connectivity index (χ2v) is 5.75. The summed E-state index contributed by atoms with van der Waals surface area (Å²) in [6.45, 7) is 1.49. The normalized spacial score (nSPS) is 13.6. The molecule has 0 unspecified atom stereocenters. The minimum Gasteiger partial charge on any atom is -0.454 e. The number of carbonyl (C=O) groups excluding carboxylic acids is 1. The van der Waals surface area contributed by atoms with Gasteiger partial charge in [-0.1, -0.05) is 6.07 Å². The van der Waals surface area contributed by atoms with Crippen LogP contribution in [0.3, 0.4) is 0 Å². The number of carbonyl (C=O) groups is 1. The standard InChI is InChI=1S/C18H14F2N2O5/c1-10(13-4-3-12(19)7-14(13)20)21-18(23)5-2-11-6-16-17(27-9-26-16)8-15(11)22(24)25/h2-8,10H,9H2,1H3,(H,21,23)/b5-2+/t10-/m0/s1. The fraction of sp³-hybridized carbons (Fsp3) is 0.167. The lowest BCUT2D eigenvalue weighted by Gasteiger charge is -2.13. The fourth-order valence-electron chi connectivity index (χ4n) is 2.60. The van der Waals surface area contributed by atoms with Crippen molar-refractivity contribution < 1.29 is 28.0 Å². The molecule has 1 N–H and O–H groups in total. The number of nitrogens with zero attached hydrogens (tertiary/aromatic N) is 1. The zero-order valence-corrected chi connectivity index (χ0v) is 14.1. The molecule has 2 aromatic rings. The zero-order chi connectivity index (χ0) is 19.6. The molecule has 0 radical (unpaired) electrons. The van der Waals surface area contributed by atoms with Crippen molar-refractivity contribution in [2.24, 2.45) is 0 Å². The summed E-state index contributed by atoms with van der Waals surface area (Å²) >= 11 is 0. The summed E-state index contributed by atoms with van der Waals surface area (Å²) in [6, 6.07) is 4.94. The Kier molecular flexibility index (Phi) is 5.02. The van der Waals surface area contributed by atoms with E-state index in [1.807, 2.05) is 0 Å². The monoisotopic (exact) mass is 376 g/mol. The van der Waals surface area contributed by atoms with Gasteiger partial charge in [0.05, 0.1) is 22.6 Å². The number of fused-ring (bicyclic) bond motifs is 1. The molecule has 2 aromatic carbocycles. The molecule has 1 heterocycles. The third-order valence-electron chi connectivity index (χ3n) is 3.92. The summed E-state index contributed by atoms with van der Waals surface area (Å²) in [5.41, 5.74) is 0.0214. The topological polar surface area (TPSA) is 90.7 Å². The third kappa shape index (κ3) is 4.02. The maximum Gasteiger partial charge on any atom is 0.280 e. The smallest absolute Gasteiger partial charge is 0.280 e. The van der Waals surface area contributed by atoms with Gasteiger partial charge in [0.2, 0.25) is 12.7 Å². The van der Waals surface area contributed by atoms with Crippen LogP contribution in [0.5, 0.6) is 11.5 Å². The Labute approximate surface area is 152 Å². The molecule has 0 saturated carbocycles. The molecule has 1 atom stereocenters. The molecule has 0 saturated heterocycles. The molecule has 0 fully saturated rings. The minimum absolute atomic E-state index is 0.0408. The van der Waals surface area contributed by atoms with E-state index in [9.17, 15) is 23.7 Å². The first kappa shape index (κ1) is 18.3. The van der Waals surface area contributed by atoms with Crippen molar-refractivity contribution in [1.82, 2.24) is 5.32 Å². The molecule has 3 rings (SSSR count).